The topological polar surface area (TPSA) is 132 Å². The van der Waals surface area contributed by atoms with Crippen LogP contribution in [0.25, 0.3) is 0 Å². The molecule has 0 aliphatic rings. The second kappa shape index (κ2) is 8.78. The molecule has 4 N–H and O–H groups in total. The molecule has 4 unspecified atom stereocenters. The molecule has 0 aromatic heterocycles. The van der Waals surface area contributed by atoms with E-state index in [9.17, 15) is 29.3 Å². The molecule has 0 aliphatic carbocycles. The molecule has 0 spiro atoms. The monoisotopic (exact) mass is 356 g/mol. The first-order valence-corrected chi connectivity index (χ1v) is 9.14. The average molecular weight is 356 g/mol. The molecule has 0 bridgehead atoms. The van der Waals surface area contributed by atoms with E-state index >= 15 is 0 Å². The third-order valence-electron chi connectivity index (χ3n) is 3.66. The minimum Gasteiger partial charge on any atom is -0.481 e. The molecule has 0 aliphatic heterocycles. The molecule has 0 amide bonds. The Hall–Kier alpha value is -1.95. The Morgan fingerprint density at radius 3 is 2.25 bits per heavy atom. The van der Waals surface area contributed by atoms with E-state index in [2.05, 4.69) is 0 Å². The third-order valence-corrected chi connectivity index (χ3v) is 6.05. The molecule has 24 heavy (non-hydrogen) atoms. The fraction of sp³-hybridized carbons (Fsp3) is 0.375. The normalized spacial score (nSPS) is 17.8. The van der Waals surface area contributed by atoms with Gasteiger partial charge in [-0.2, -0.15) is 0 Å². The minimum absolute atomic E-state index is 0.195. The Morgan fingerprint density at radius 1 is 1.21 bits per heavy atom. The van der Waals surface area contributed by atoms with Gasteiger partial charge in [0.15, 0.2) is 5.85 Å². The first kappa shape index (κ1) is 20.1. The van der Waals surface area contributed by atoms with E-state index in [1.165, 1.54) is 24.3 Å². The van der Waals surface area contributed by atoms with Crippen molar-refractivity contribution >= 4 is 19.3 Å². The van der Waals surface area contributed by atoms with Crippen molar-refractivity contribution in [3.63, 3.8) is 0 Å². The summed E-state index contributed by atoms with van der Waals surface area (Å²) in [7, 11) is -4.41. The SMILES string of the molecule is C/C=C/C(C(CCC(=O)O)C(=O)O)P(=O)(O)C(O)c1ccccc1. The summed E-state index contributed by atoms with van der Waals surface area (Å²) >= 11 is 0. The molecule has 0 radical (unpaired) electrons. The molecular formula is C16H21O7P. The highest BCUT2D eigenvalue weighted by Gasteiger charge is 2.44. The van der Waals surface area contributed by atoms with Gasteiger partial charge in [0.05, 0.1) is 11.6 Å². The number of aliphatic hydroxyl groups is 1. The van der Waals surface area contributed by atoms with Crippen LogP contribution in [0, 0.1) is 5.92 Å². The molecule has 7 nitrogen and oxygen atoms in total. The van der Waals surface area contributed by atoms with Crippen molar-refractivity contribution < 1.29 is 34.4 Å². The average Bonchev–Trinajstić information content (AvgIpc) is 2.53. The number of benzene rings is 1. The Bertz CT molecular complexity index is 641. The van der Waals surface area contributed by atoms with E-state index < -0.39 is 43.2 Å². The van der Waals surface area contributed by atoms with E-state index in [0.29, 0.717) is 0 Å². The number of allylic oxidation sites excluding steroid dienone is 2. The van der Waals surface area contributed by atoms with Crippen molar-refractivity contribution in [2.45, 2.75) is 31.3 Å². The lowest BCUT2D eigenvalue weighted by atomic mass is 9.99. The summed E-state index contributed by atoms with van der Waals surface area (Å²) in [6.07, 6.45) is 1.90. The van der Waals surface area contributed by atoms with E-state index in [1.54, 1.807) is 25.1 Å². The van der Waals surface area contributed by atoms with Crippen LogP contribution >= 0.6 is 7.37 Å². The molecule has 1 rings (SSSR count). The first-order valence-electron chi connectivity index (χ1n) is 7.34. The maximum atomic E-state index is 12.8. The van der Waals surface area contributed by atoms with Crippen LogP contribution in [0.3, 0.4) is 0 Å². The van der Waals surface area contributed by atoms with Gasteiger partial charge in [-0.05, 0) is 18.9 Å². The van der Waals surface area contributed by atoms with Gasteiger partial charge >= 0.3 is 11.9 Å². The van der Waals surface area contributed by atoms with Crippen LogP contribution < -0.4 is 0 Å². The van der Waals surface area contributed by atoms with Gasteiger partial charge in [0.2, 0.25) is 7.37 Å². The predicted octanol–water partition coefficient (Wildman–Crippen LogP) is 2.46. The molecule has 0 heterocycles. The summed E-state index contributed by atoms with van der Waals surface area (Å²) in [5, 5.41) is 28.4. The molecule has 8 heteroatoms. The Kier molecular flexibility index (Phi) is 7.35. The van der Waals surface area contributed by atoms with Crippen LogP contribution in [0.1, 0.15) is 31.2 Å². The summed E-state index contributed by atoms with van der Waals surface area (Å²) in [4.78, 5) is 32.7. The number of carboxylic acid groups (broad SMARTS) is 2. The molecule has 1 aromatic rings. The quantitative estimate of drug-likeness (QED) is 0.395. The van der Waals surface area contributed by atoms with E-state index in [0.717, 1.165) is 0 Å². The van der Waals surface area contributed by atoms with E-state index in [1.807, 2.05) is 0 Å². The third kappa shape index (κ3) is 5.03. The number of carbonyl (C=O) groups is 2. The van der Waals surface area contributed by atoms with Crippen molar-refractivity contribution in [1.82, 2.24) is 0 Å². The second-order valence-corrected chi connectivity index (χ2v) is 7.78. The molecule has 0 fully saturated rings. The smallest absolute Gasteiger partial charge is 0.307 e. The molecule has 1 aromatic carbocycles. The zero-order valence-corrected chi connectivity index (χ0v) is 14.0. The second-order valence-electron chi connectivity index (χ2n) is 5.35. The Labute approximate surface area is 139 Å². The number of rotatable bonds is 9. The fourth-order valence-electron chi connectivity index (χ4n) is 2.43. The van der Waals surface area contributed by atoms with Crippen LogP contribution in [0.2, 0.25) is 0 Å². The number of hydrogen-bond acceptors (Lipinski definition) is 4. The van der Waals surface area contributed by atoms with Gasteiger partial charge in [0.25, 0.3) is 0 Å². The maximum Gasteiger partial charge on any atom is 0.307 e. The number of hydrogen-bond donors (Lipinski definition) is 4. The summed E-state index contributed by atoms with van der Waals surface area (Å²) in [5.74, 6) is -5.73. The van der Waals surface area contributed by atoms with E-state index in [4.69, 9.17) is 5.11 Å². The van der Waals surface area contributed by atoms with E-state index in [-0.39, 0.29) is 12.0 Å². The number of aliphatic hydroxyl groups excluding tert-OH is 1. The van der Waals surface area contributed by atoms with Gasteiger partial charge in [-0.15, -0.1) is 0 Å². The van der Waals surface area contributed by atoms with Gasteiger partial charge in [0.1, 0.15) is 0 Å². The number of carboxylic acids is 2. The molecular weight excluding hydrogens is 335 g/mol. The van der Waals surface area contributed by atoms with Crippen LogP contribution in [0.4, 0.5) is 0 Å². The Morgan fingerprint density at radius 2 is 1.79 bits per heavy atom. The lowest BCUT2D eigenvalue weighted by molar-refractivity contribution is -0.142. The predicted molar refractivity (Wildman–Crippen MR) is 87.8 cm³/mol. The molecule has 0 saturated heterocycles. The lowest BCUT2D eigenvalue weighted by Gasteiger charge is -2.29. The zero-order valence-electron chi connectivity index (χ0n) is 13.1. The summed E-state index contributed by atoms with van der Waals surface area (Å²) < 4.78 is 12.8. The Balaban J connectivity index is 3.21. The van der Waals surface area contributed by atoms with Crippen LogP contribution in [-0.4, -0.2) is 37.8 Å². The highest BCUT2D eigenvalue weighted by atomic mass is 31.2. The van der Waals surface area contributed by atoms with Crippen molar-refractivity contribution in [2.24, 2.45) is 5.92 Å². The van der Waals surface area contributed by atoms with Crippen LogP contribution in [0.5, 0.6) is 0 Å². The standard InChI is InChI=1S/C16H21O7P/c1-2-6-13(12(15(19)20)9-10-14(17)18)24(22,23)16(21)11-7-4-3-5-8-11/h2-8,12-13,16,21H,9-10H2,1H3,(H,17,18)(H,19,20)(H,22,23)/b6-2+. The van der Waals surface area contributed by atoms with Crippen molar-refractivity contribution in [2.75, 3.05) is 0 Å². The van der Waals surface area contributed by atoms with Gasteiger partial charge in [-0.25, -0.2) is 0 Å². The van der Waals surface area contributed by atoms with Crippen molar-refractivity contribution in [1.29, 1.82) is 0 Å². The van der Waals surface area contributed by atoms with Crippen molar-refractivity contribution in [3.8, 4) is 0 Å². The van der Waals surface area contributed by atoms with Crippen LogP contribution in [0.15, 0.2) is 42.5 Å². The van der Waals surface area contributed by atoms with Gasteiger partial charge in [-0.1, -0.05) is 42.5 Å². The summed E-state index contributed by atoms with van der Waals surface area (Å²) in [5.41, 5.74) is -1.20. The van der Waals surface area contributed by atoms with Crippen LogP contribution in [-0.2, 0) is 14.2 Å². The van der Waals surface area contributed by atoms with Gasteiger partial charge in [0, 0.05) is 6.42 Å². The molecule has 0 saturated carbocycles. The van der Waals surface area contributed by atoms with Gasteiger partial charge < -0.3 is 20.2 Å². The summed E-state index contributed by atoms with van der Waals surface area (Å²) in [6, 6.07) is 7.78. The lowest BCUT2D eigenvalue weighted by Crippen LogP contribution is -2.29. The number of aliphatic carboxylic acids is 2. The highest BCUT2D eigenvalue weighted by molar-refractivity contribution is 7.59. The highest BCUT2D eigenvalue weighted by Crippen LogP contribution is 2.60. The first-order chi connectivity index (χ1) is 11.2. The zero-order chi connectivity index (χ0) is 18.3. The maximum absolute atomic E-state index is 12.8. The molecule has 4 atom stereocenters. The minimum atomic E-state index is -4.41. The largest absolute Gasteiger partial charge is 0.481 e. The fourth-order valence-corrected chi connectivity index (χ4v) is 4.57. The van der Waals surface area contributed by atoms with Gasteiger partial charge in [-0.3, -0.25) is 14.2 Å². The van der Waals surface area contributed by atoms with Crippen molar-refractivity contribution in [3.05, 3.63) is 48.0 Å². The molecule has 132 valence electrons. The summed E-state index contributed by atoms with van der Waals surface area (Å²) in [6.45, 7) is 1.55.